The van der Waals surface area contributed by atoms with Crippen molar-refractivity contribution in [2.45, 2.75) is 6.36 Å². The smallest absolute Gasteiger partial charge is 0.405 e. The van der Waals surface area contributed by atoms with E-state index in [9.17, 15) is 17.6 Å². The van der Waals surface area contributed by atoms with Gasteiger partial charge in [-0.3, -0.25) is 0 Å². The summed E-state index contributed by atoms with van der Waals surface area (Å²) >= 11 is 0. The third kappa shape index (κ3) is 3.45. The van der Waals surface area contributed by atoms with E-state index in [0.717, 1.165) is 24.4 Å². The Kier molecular flexibility index (Phi) is 3.13. The summed E-state index contributed by atoms with van der Waals surface area (Å²) in [6.45, 7) is 0. The van der Waals surface area contributed by atoms with Crippen molar-refractivity contribution < 1.29 is 22.3 Å². The van der Waals surface area contributed by atoms with Crippen molar-refractivity contribution >= 4 is 6.21 Å². The van der Waals surface area contributed by atoms with Gasteiger partial charge in [0.1, 0.15) is 11.6 Å². The monoisotopic (exact) mass is 222 g/mol. The number of alkyl halides is 3. The molecule has 0 radical (unpaired) electrons. The molecular formula is C8H6F4N2O. The standard InChI is InChI=1S/C8H6F4N2O/c9-6-1-2-7(15-8(10,11)12)5(3-6)4-14-13/h1-4H,13H2. The minimum absolute atomic E-state index is 0.185. The largest absolute Gasteiger partial charge is 0.573 e. The van der Waals surface area contributed by atoms with Crippen LogP contribution in [0.3, 0.4) is 0 Å². The molecule has 0 saturated carbocycles. The Morgan fingerprint density at radius 2 is 2.00 bits per heavy atom. The van der Waals surface area contributed by atoms with E-state index >= 15 is 0 Å². The minimum Gasteiger partial charge on any atom is -0.405 e. The molecule has 1 rings (SSSR count). The lowest BCUT2D eigenvalue weighted by Gasteiger charge is -2.10. The Bertz CT molecular complexity index is 375. The molecule has 1 aromatic rings. The maximum Gasteiger partial charge on any atom is 0.573 e. The molecule has 0 aliphatic rings. The molecule has 0 heterocycles. The molecule has 0 amide bonds. The Morgan fingerprint density at radius 3 is 2.53 bits per heavy atom. The number of nitrogens with zero attached hydrogens (tertiary/aromatic N) is 1. The summed E-state index contributed by atoms with van der Waals surface area (Å²) in [5.74, 6) is 3.49. The third-order valence-electron chi connectivity index (χ3n) is 1.41. The summed E-state index contributed by atoms with van der Waals surface area (Å²) < 4.78 is 51.9. The summed E-state index contributed by atoms with van der Waals surface area (Å²) in [5, 5.41) is 3.00. The number of hydrogen-bond acceptors (Lipinski definition) is 3. The van der Waals surface area contributed by atoms with Crippen molar-refractivity contribution in [3.05, 3.63) is 29.6 Å². The van der Waals surface area contributed by atoms with Gasteiger partial charge in [-0.05, 0) is 18.2 Å². The van der Waals surface area contributed by atoms with Gasteiger partial charge in [0.05, 0.1) is 6.21 Å². The summed E-state index contributed by atoms with van der Waals surface area (Å²) in [4.78, 5) is 0. The van der Waals surface area contributed by atoms with Crippen molar-refractivity contribution in [3.63, 3.8) is 0 Å². The van der Waals surface area contributed by atoms with Crippen molar-refractivity contribution in [2.24, 2.45) is 10.9 Å². The van der Waals surface area contributed by atoms with Gasteiger partial charge in [0.15, 0.2) is 0 Å². The second-order valence-corrected chi connectivity index (χ2v) is 2.51. The third-order valence-corrected chi connectivity index (χ3v) is 1.41. The second kappa shape index (κ2) is 4.16. The van der Waals surface area contributed by atoms with Crippen LogP contribution < -0.4 is 10.6 Å². The van der Waals surface area contributed by atoms with E-state index in [4.69, 9.17) is 5.84 Å². The maximum absolute atomic E-state index is 12.7. The highest BCUT2D eigenvalue weighted by Gasteiger charge is 2.31. The molecule has 1 aromatic carbocycles. The van der Waals surface area contributed by atoms with Crippen LogP contribution in [0.5, 0.6) is 5.75 Å². The lowest BCUT2D eigenvalue weighted by molar-refractivity contribution is -0.274. The highest BCUT2D eigenvalue weighted by molar-refractivity contribution is 5.83. The van der Waals surface area contributed by atoms with E-state index in [0.29, 0.717) is 0 Å². The van der Waals surface area contributed by atoms with E-state index in [1.165, 1.54) is 0 Å². The number of hydrazone groups is 1. The van der Waals surface area contributed by atoms with Gasteiger partial charge in [0.25, 0.3) is 0 Å². The fraction of sp³-hybridized carbons (Fsp3) is 0.125. The van der Waals surface area contributed by atoms with Gasteiger partial charge >= 0.3 is 6.36 Å². The fourth-order valence-electron chi connectivity index (χ4n) is 0.918. The molecule has 0 spiro atoms. The van der Waals surface area contributed by atoms with Crippen LogP contribution in [0.25, 0.3) is 0 Å². The highest BCUT2D eigenvalue weighted by atomic mass is 19.4. The topological polar surface area (TPSA) is 47.6 Å². The van der Waals surface area contributed by atoms with Crippen molar-refractivity contribution in [1.29, 1.82) is 0 Å². The lowest BCUT2D eigenvalue weighted by atomic mass is 10.2. The molecule has 3 nitrogen and oxygen atoms in total. The number of halogens is 4. The van der Waals surface area contributed by atoms with Gasteiger partial charge in [-0.2, -0.15) is 5.10 Å². The van der Waals surface area contributed by atoms with E-state index < -0.39 is 17.9 Å². The zero-order valence-corrected chi connectivity index (χ0v) is 7.25. The maximum atomic E-state index is 12.7. The van der Waals surface area contributed by atoms with Gasteiger partial charge in [-0.25, -0.2) is 4.39 Å². The van der Waals surface area contributed by atoms with Gasteiger partial charge in [0, 0.05) is 5.56 Å². The summed E-state index contributed by atoms with van der Waals surface area (Å²) in [5.41, 5.74) is -0.185. The van der Waals surface area contributed by atoms with Gasteiger partial charge in [-0.1, -0.05) is 0 Å². The predicted molar refractivity (Wildman–Crippen MR) is 44.9 cm³/mol. The van der Waals surface area contributed by atoms with Crippen LogP contribution in [0.2, 0.25) is 0 Å². The average molecular weight is 222 g/mol. The molecule has 0 aliphatic heterocycles. The first-order valence-corrected chi connectivity index (χ1v) is 3.71. The quantitative estimate of drug-likeness (QED) is 0.360. The molecule has 0 fully saturated rings. The second-order valence-electron chi connectivity index (χ2n) is 2.51. The van der Waals surface area contributed by atoms with Crippen LogP contribution in [0.4, 0.5) is 17.6 Å². The van der Waals surface area contributed by atoms with E-state index in [1.54, 1.807) is 0 Å². The molecule has 0 aromatic heterocycles. The molecule has 0 aliphatic carbocycles. The highest BCUT2D eigenvalue weighted by Crippen LogP contribution is 2.25. The SMILES string of the molecule is NN=Cc1cc(F)ccc1OC(F)(F)F. The van der Waals surface area contributed by atoms with Crippen molar-refractivity contribution in [1.82, 2.24) is 0 Å². The number of nitrogens with two attached hydrogens (primary N) is 1. The number of hydrogen-bond donors (Lipinski definition) is 1. The summed E-state index contributed by atoms with van der Waals surface area (Å²) in [6.07, 6.45) is -3.97. The Labute approximate surface area is 82.1 Å². The van der Waals surface area contributed by atoms with Gasteiger partial charge < -0.3 is 10.6 Å². The van der Waals surface area contributed by atoms with Crippen molar-refractivity contribution in [2.75, 3.05) is 0 Å². The van der Waals surface area contributed by atoms with Crippen LogP contribution in [-0.2, 0) is 0 Å². The van der Waals surface area contributed by atoms with E-state index in [1.807, 2.05) is 0 Å². The molecular weight excluding hydrogens is 216 g/mol. The summed E-state index contributed by atoms with van der Waals surface area (Å²) in [6, 6.07) is 2.52. The predicted octanol–water partition coefficient (Wildman–Crippen LogP) is 2.02. The summed E-state index contributed by atoms with van der Waals surface area (Å²) in [7, 11) is 0. The fourth-order valence-corrected chi connectivity index (χ4v) is 0.918. The zero-order valence-electron chi connectivity index (χ0n) is 7.25. The van der Waals surface area contributed by atoms with Crippen LogP contribution in [-0.4, -0.2) is 12.6 Å². The van der Waals surface area contributed by atoms with E-state index in [-0.39, 0.29) is 5.56 Å². The van der Waals surface area contributed by atoms with Gasteiger partial charge in [0.2, 0.25) is 0 Å². The first-order chi connectivity index (χ1) is 6.92. The molecule has 82 valence electrons. The number of benzene rings is 1. The van der Waals surface area contributed by atoms with E-state index in [2.05, 4.69) is 9.84 Å². The van der Waals surface area contributed by atoms with Gasteiger partial charge in [-0.15, -0.1) is 13.2 Å². The number of ether oxygens (including phenoxy) is 1. The number of rotatable bonds is 2. The molecule has 0 unspecified atom stereocenters. The first-order valence-electron chi connectivity index (χ1n) is 3.71. The molecule has 2 N–H and O–H groups in total. The Balaban J connectivity index is 3.06. The molecule has 0 bridgehead atoms. The first kappa shape index (κ1) is 11.3. The molecule has 0 atom stereocenters. The zero-order chi connectivity index (χ0) is 11.5. The minimum atomic E-state index is -4.84. The average Bonchev–Trinajstić information content (AvgIpc) is 2.08. The van der Waals surface area contributed by atoms with Crippen LogP contribution in [0, 0.1) is 5.82 Å². The lowest BCUT2D eigenvalue weighted by Crippen LogP contribution is -2.18. The molecule has 15 heavy (non-hydrogen) atoms. The van der Waals surface area contributed by atoms with Crippen LogP contribution >= 0.6 is 0 Å². The molecule has 0 saturated heterocycles. The van der Waals surface area contributed by atoms with Crippen LogP contribution in [0.1, 0.15) is 5.56 Å². The van der Waals surface area contributed by atoms with Crippen molar-refractivity contribution in [3.8, 4) is 5.75 Å². The normalized spacial score (nSPS) is 12.0. The Morgan fingerprint density at radius 1 is 1.33 bits per heavy atom. The Hall–Kier alpha value is -1.79. The molecule has 7 heteroatoms. The van der Waals surface area contributed by atoms with Crippen LogP contribution in [0.15, 0.2) is 23.3 Å².